The van der Waals surface area contributed by atoms with E-state index in [2.05, 4.69) is 33.3 Å². The highest BCUT2D eigenvalue weighted by Crippen LogP contribution is 2.33. The van der Waals surface area contributed by atoms with Crippen molar-refractivity contribution in [1.29, 1.82) is 0 Å². The molecule has 3 heterocycles. The fourth-order valence-corrected chi connectivity index (χ4v) is 7.70. The summed E-state index contributed by atoms with van der Waals surface area (Å²) in [6, 6.07) is 12.5. The van der Waals surface area contributed by atoms with Crippen molar-refractivity contribution in [2.75, 3.05) is 45.8 Å². The number of nitrogens with one attached hydrogen (secondary N) is 2. The van der Waals surface area contributed by atoms with Gasteiger partial charge in [0.05, 0.1) is 0 Å². The van der Waals surface area contributed by atoms with Crippen molar-refractivity contribution in [2.45, 2.75) is 64.2 Å². The molecule has 3 fully saturated rings. The largest absolute Gasteiger partial charge is 0.471 e. The Kier molecular flexibility index (Phi) is 11.3. The number of hydrogen-bond donors (Lipinski definition) is 2. The number of rotatable bonds is 9. The molecule has 2 aromatic rings. The summed E-state index contributed by atoms with van der Waals surface area (Å²) >= 11 is 12.7. The molecular weight excluding hydrogens is 596 g/mol. The van der Waals surface area contributed by atoms with Gasteiger partial charge in [0.1, 0.15) is 0 Å². The Balaban J connectivity index is 1.21. The van der Waals surface area contributed by atoms with E-state index in [4.69, 9.17) is 23.2 Å². The predicted octanol–water partition coefficient (Wildman–Crippen LogP) is 7.15. The van der Waals surface area contributed by atoms with E-state index in [9.17, 15) is 18.0 Å². The molecule has 43 heavy (non-hydrogen) atoms. The molecule has 0 saturated carbocycles. The molecule has 5 rings (SSSR count). The summed E-state index contributed by atoms with van der Waals surface area (Å²) < 4.78 is 37.4. The number of piperidine rings is 3. The van der Waals surface area contributed by atoms with E-state index in [1.807, 2.05) is 17.4 Å². The first kappa shape index (κ1) is 32.6. The average molecular weight is 640 g/mol. The first-order chi connectivity index (χ1) is 20.6. The highest BCUT2D eigenvalue weighted by molar-refractivity contribution is 6.35. The third-order valence-corrected chi connectivity index (χ3v) is 9.98. The Bertz CT molecular complexity index is 1200. The zero-order valence-corrected chi connectivity index (χ0v) is 26.2. The van der Waals surface area contributed by atoms with E-state index in [-0.39, 0.29) is 6.54 Å². The number of likely N-dealkylation sites (tertiary alicyclic amines) is 2. The molecule has 0 spiro atoms. The Morgan fingerprint density at radius 2 is 1.28 bits per heavy atom. The number of carbonyl (C=O) groups is 1. The number of nitrogens with zero attached hydrogens (tertiary/aromatic N) is 2. The van der Waals surface area contributed by atoms with Crippen LogP contribution in [0, 0.1) is 17.8 Å². The summed E-state index contributed by atoms with van der Waals surface area (Å²) in [5, 5.41) is 6.73. The van der Waals surface area contributed by atoms with E-state index in [0.29, 0.717) is 22.4 Å². The van der Waals surface area contributed by atoms with Crippen LogP contribution in [-0.2, 0) is 17.9 Å². The van der Waals surface area contributed by atoms with Gasteiger partial charge in [-0.3, -0.25) is 14.6 Å². The van der Waals surface area contributed by atoms with Crippen LogP contribution in [0.1, 0.15) is 56.1 Å². The van der Waals surface area contributed by atoms with Gasteiger partial charge in [-0.1, -0.05) is 29.3 Å². The minimum absolute atomic E-state index is 0.0612. The molecule has 0 unspecified atom stereocenters. The molecule has 3 aliphatic rings. The lowest BCUT2D eigenvalue weighted by atomic mass is 9.79. The molecule has 5 nitrogen and oxygen atoms in total. The average Bonchev–Trinajstić information content (AvgIpc) is 2.98. The molecule has 3 saturated heterocycles. The van der Waals surface area contributed by atoms with Gasteiger partial charge in [0.25, 0.3) is 0 Å². The second-order valence-corrected chi connectivity index (χ2v) is 13.5. The van der Waals surface area contributed by atoms with Crippen molar-refractivity contribution in [3.05, 3.63) is 57.6 Å². The summed E-state index contributed by atoms with van der Waals surface area (Å²) in [4.78, 5) is 16.1. The number of halogens is 5. The fraction of sp³-hybridized carbons (Fsp3) is 0.606. The number of amides is 1. The van der Waals surface area contributed by atoms with Crippen molar-refractivity contribution in [3.63, 3.8) is 0 Å². The quantitative estimate of drug-likeness (QED) is 0.306. The van der Waals surface area contributed by atoms with Crippen molar-refractivity contribution >= 4 is 29.1 Å². The number of carbonyl (C=O) groups excluding carboxylic acids is 1. The summed E-state index contributed by atoms with van der Waals surface area (Å²) in [6.45, 7) is 8.13. The molecular formula is C33H43Cl2F3N4O. The predicted molar refractivity (Wildman–Crippen MR) is 167 cm³/mol. The summed E-state index contributed by atoms with van der Waals surface area (Å²) in [5.41, 5.74) is 4.64. The van der Waals surface area contributed by atoms with Crippen molar-refractivity contribution in [1.82, 2.24) is 20.4 Å². The van der Waals surface area contributed by atoms with E-state index in [1.165, 1.54) is 36.8 Å². The van der Waals surface area contributed by atoms with Gasteiger partial charge in [-0.2, -0.15) is 13.2 Å². The van der Waals surface area contributed by atoms with Gasteiger partial charge < -0.3 is 10.6 Å². The maximum atomic E-state index is 12.5. The summed E-state index contributed by atoms with van der Waals surface area (Å²) in [5.74, 6) is 0.173. The Morgan fingerprint density at radius 3 is 1.84 bits per heavy atom. The first-order valence-corrected chi connectivity index (χ1v) is 16.5. The molecule has 0 aliphatic carbocycles. The third-order valence-electron chi connectivity index (χ3n) is 9.55. The minimum atomic E-state index is -4.82. The van der Waals surface area contributed by atoms with E-state index >= 15 is 0 Å². The van der Waals surface area contributed by atoms with Crippen molar-refractivity contribution in [2.24, 2.45) is 17.8 Å². The minimum Gasteiger partial charge on any atom is -0.348 e. The number of benzene rings is 2. The van der Waals surface area contributed by atoms with Crippen LogP contribution in [0.15, 0.2) is 36.4 Å². The Hall–Kier alpha value is -1.84. The molecule has 0 bridgehead atoms. The van der Waals surface area contributed by atoms with Crippen LogP contribution in [0.4, 0.5) is 13.2 Å². The van der Waals surface area contributed by atoms with Crippen LogP contribution in [0.2, 0.25) is 10.0 Å². The van der Waals surface area contributed by atoms with Crippen LogP contribution >= 0.6 is 23.2 Å². The normalized spacial score (nSPS) is 20.4. The van der Waals surface area contributed by atoms with E-state index < -0.39 is 12.1 Å². The second kappa shape index (κ2) is 15.0. The van der Waals surface area contributed by atoms with Gasteiger partial charge in [-0.25, -0.2) is 0 Å². The monoisotopic (exact) mass is 638 g/mol. The fourth-order valence-electron chi connectivity index (χ4n) is 7.17. The zero-order chi connectivity index (χ0) is 30.4. The highest BCUT2D eigenvalue weighted by atomic mass is 35.5. The molecule has 2 aromatic carbocycles. The van der Waals surface area contributed by atoms with Gasteiger partial charge in [0, 0.05) is 29.7 Å². The SMILES string of the molecule is O=C(NCCC1CCN(Cc2cc(CN3CCC(C4CCNCC4)CC3)cc(-c3cc(Cl)cc(Cl)c3)c2)CC1)C(F)(F)F. The maximum Gasteiger partial charge on any atom is 0.471 e. The lowest BCUT2D eigenvalue weighted by molar-refractivity contribution is -0.173. The Labute approximate surface area is 263 Å². The van der Waals surface area contributed by atoms with Gasteiger partial charge in [-0.15, -0.1) is 0 Å². The molecule has 236 valence electrons. The zero-order valence-electron chi connectivity index (χ0n) is 24.7. The van der Waals surface area contributed by atoms with Gasteiger partial charge >= 0.3 is 12.1 Å². The van der Waals surface area contributed by atoms with E-state index in [0.717, 1.165) is 88.2 Å². The second-order valence-electron chi connectivity index (χ2n) is 12.7. The maximum absolute atomic E-state index is 12.5. The Morgan fingerprint density at radius 1 is 0.767 bits per heavy atom. The topological polar surface area (TPSA) is 47.6 Å². The number of hydrogen-bond acceptors (Lipinski definition) is 4. The highest BCUT2D eigenvalue weighted by Gasteiger charge is 2.38. The van der Waals surface area contributed by atoms with Crippen LogP contribution in [-0.4, -0.2) is 67.7 Å². The smallest absolute Gasteiger partial charge is 0.348 e. The molecule has 0 radical (unpaired) electrons. The van der Waals surface area contributed by atoms with Crippen LogP contribution < -0.4 is 10.6 Å². The molecule has 1 amide bonds. The number of alkyl halides is 3. The molecule has 10 heteroatoms. The summed E-state index contributed by atoms with van der Waals surface area (Å²) in [7, 11) is 0. The van der Waals surface area contributed by atoms with Crippen molar-refractivity contribution < 1.29 is 18.0 Å². The van der Waals surface area contributed by atoms with Gasteiger partial charge in [0.15, 0.2) is 0 Å². The van der Waals surface area contributed by atoms with Crippen LogP contribution in [0.25, 0.3) is 11.1 Å². The van der Waals surface area contributed by atoms with Crippen LogP contribution in [0.5, 0.6) is 0 Å². The molecule has 3 aliphatic heterocycles. The van der Waals surface area contributed by atoms with Gasteiger partial charge in [-0.05, 0) is 155 Å². The lowest BCUT2D eigenvalue weighted by Gasteiger charge is -2.38. The van der Waals surface area contributed by atoms with E-state index in [1.54, 1.807) is 6.07 Å². The van der Waals surface area contributed by atoms with Crippen molar-refractivity contribution in [3.8, 4) is 11.1 Å². The molecule has 0 atom stereocenters. The molecule has 2 N–H and O–H groups in total. The molecule has 0 aromatic heterocycles. The lowest BCUT2D eigenvalue weighted by Crippen LogP contribution is -2.39. The third kappa shape index (κ3) is 9.57. The standard InChI is InChI=1S/C33H43Cl2F3N4O/c34-30-18-29(19-31(35)20-30)28-16-24(21-41-11-4-23(5-12-41)1-10-40-32(43)33(36,37)38)15-25(17-28)22-42-13-6-27(7-14-42)26-2-8-39-9-3-26/h15-20,23,26-27,39H,1-14,21-22H2,(H,40,43). The first-order valence-electron chi connectivity index (χ1n) is 15.7. The van der Waals surface area contributed by atoms with Gasteiger partial charge in [0.2, 0.25) is 0 Å². The summed E-state index contributed by atoms with van der Waals surface area (Å²) in [6.07, 6.45) is 2.73. The van der Waals surface area contributed by atoms with Crippen LogP contribution in [0.3, 0.4) is 0 Å².